The van der Waals surface area contributed by atoms with Gasteiger partial charge in [-0.05, 0) is 31.4 Å². The van der Waals surface area contributed by atoms with Crippen molar-refractivity contribution in [3.63, 3.8) is 0 Å². The third-order valence-corrected chi connectivity index (χ3v) is 3.62. The van der Waals surface area contributed by atoms with E-state index in [1.807, 2.05) is 12.1 Å². The third kappa shape index (κ3) is 6.22. The Morgan fingerprint density at radius 1 is 1.41 bits per heavy atom. The van der Waals surface area contributed by atoms with Gasteiger partial charge in [0.05, 0.1) is 17.7 Å². The predicted octanol–water partition coefficient (Wildman–Crippen LogP) is 2.42. The fraction of sp³-hybridized carbons (Fsp3) is 0.562. The molecule has 0 radical (unpaired) electrons. The molecule has 1 fully saturated rings. The van der Waals surface area contributed by atoms with Gasteiger partial charge in [0.25, 0.3) is 5.91 Å². The van der Waals surface area contributed by atoms with Crippen LogP contribution in [0, 0.1) is 0 Å². The summed E-state index contributed by atoms with van der Waals surface area (Å²) < 4.78 is 16.3. The Kier molecular flexibility index (Phi) is 7.49. The second-order valence-electron chi connectivity index (χ2n) is 5.13. The topological polar surface area (TPSA) is 56.8 Å². The molecule has 0 bridgehead atoms. The van der Waals surface area contributed by atoms with E-state index >= 15 is 0 Å². The molecule has 1 aromatic carbocycles. The number of hydrogen-bond donors (Lipinski definition) is 1. The van der Waals surface area contributed by atoms with Crippen LogP contribution in [0.2, 0.25) is 5.02 Å². The molecule has 122 valence electrons. The summed E-state index contributed by atoms with van der Waals surface area (Å²) in [6.07, 6.45) is 3.22. The average molecular weight is 328 g/mol. The zero-order chi connectivity index (χ0) is 15.6. The Bertz CT molecular complexity index is 463. The van der Waals surface area contributed by atoms with Crippen LogP contribution < -0.4 is 10.1 Å². The second kappa shape index (κ2) is 9.66. The normalized spacial score (nSPS) is 17.4. The maximum Gasteiger partial charge on any atom is 0.257 e. The van der Waals surface area contributed by atoms with Crippen LogP contribution in [0.1, 0.15) is 19.3 Å². The number of amides is 1. The van der Waals surface area contributed by atoms with E-state index in [1.54, 1.807) is 12.1 Å². The smallest absolute Gasteiger partial charge is 0.257 e. The zero-order valence-electron chi connectivity index (χ0n) is 12.6. The van der Waals surface area contributed by atoms with E-state index in [0.29, 0.717) is 30.5 Å². The Hall–Kier alpha value is -1.30. The SMILES string of the molecule is O=C(COc1ccccc1Cl)NCCCOCC1CCCO1. The van der Waals surface area contributed by atoms with Gasteiger partial charge in [-0.1, -0.05) is 23.7 Å². The van der Waals surface area contributed by atoms with Gasteiger partial charge in [0, 0.05) is 19.8 Å². The lowest BCUT2D eigenvalue weighted by molar-refractivity contribution is -0.123. The summed E-state index contributed by atoms with van der Waals surface area (Å²) in [7, 11) is 0. The molecule has 0 spiro atoms. The fourth-order valence-corrected chi connectivity index (χ4v) is 2.34. The minimum absolute atomic E-state index is 0.0412. The molecular weight excluding hydrogens is 306 g/mol. The van der Waals surface area contributed by atoms with Crippen molar-refractivity contribution in [2.75, 3.05) is 33.0 Å². The number of carbonyl (C=O) groups is 1. The third-order valence-electron chi connectivity index (χ3n) is 3.31. The van der Waals surface area contributed by atoms with Crippen LogP contribution in [0.25, 0.3) is 0 Å². The first-order valence-corrected chi connectivity index (χ1v) is 7.97. The maximum atomic E-state index is 11.6. The highest BCUT2D eigenvalue weighted by atomic mass is 35.5. The van der Waals surface area contributed by atoms with Gasteiger partial charge in [-0.3, -0.25) is 4.79 Å². The molecule has 1 aliphatic heterocycles. The number of rotatable bonds is 9. The highest BCUT2D eigenvalue weighted by molar-refractivity contribution is 6.32. The predicted molar refractivity (Wildman–Crippen MR) is 84.4 cm³/mol. The van der Waals surface area contributed by atoms with Crippen LogP contribution in [-0.2, 0) is 14.3 Å². The van der Waals surface area contributed by atoms with Crippen LogP contribution >= 0.6 is 11.6 Å². The van der Waals surface area contributed by atoms with Gasteiger partial charge in [0.1, 0.15) is 5.75 Å². The molecular formula is C16H22ClNO4. The van der Waals surface area contributed by atoms with Crippen LogP contribution in [0.4, 0.5) is 0 Å². The van der Waals surface area contributed by atoms with Gasteiger partial charge in [0.15, 0.2) is 6.61 Å². The molecule has 1 atom stereocenters. The average Bonchev–Trinajstić information content (AvgIpc) is 3.03. The van der Waals surface area contributed by atoms with E-state index in [-0.39, 0.29) is 18.6 Å². The molecule has 2 rings (SSSR count). The molecule has 1 aliphatic rings. The van der Waals surface area contributed by atoms with E-state index in [1.165, 1.54) is 0 Å². The first-order valence-electron chi connectivity index (χ1n) is 7.59. The Morgan fingerprint density at radius 3 is 3.05 bits per heavy atom. The van der Waals surface area contributed by atoms with Crippen molar-refractivity contribution in [3.05, 3.63) is 29.3 Å². The number of ether oxygens (including phenoxy) is 3. The molecule has 1 amide bonds. The summed E-state index contributed by atoms with van der Waals surface area (Å²) in [6, 6.07) is 7.07. The van der Waals surface area contributed by atoms with Crippen LogP contribution in [-0.4, -0.2) is 45.0 Å². The van der Waals surface area contributed by atoms with Crippen molar-refractivity contribution in [3.8, 4) is 5.75 Å². The van der Waals surface area contributed by atoms with E-state index in [4.69, 9.17) is 25.8 Å². The first-order chi connectivity index (χ1) is 10.8. The molecule has 1 unspecified atom stereocenters. The molecule has 0 aromatic heterocycles. The van der Waals surface area contributed by atoms with Gasteiger partial charge in [0.2, 0.25) is 0 Å². The lowest BCUT2D eigenvalue weighted by atomic mass is 10.2. The van der Waals surface area contributed by atoms with Crippen molar-refractivity contribution in [1.29, 1.82) is 0 Å². The molecule has 1 saturated heterocycles. The number of nitrogens with one attached hydrogen (secondary N) is 1. The molecule has 0 saturated carbocycles. The second-order valence-corrected chi connectivity index (χ2v) is 5.54. The Balaban J connectivity index is 1.48. The quantitative estimate of drug-likeness (QED) is 0.708. The van der Waals surface area contributed by atoms with Gasteiger partial charge >= 0.3 is 0 Å². The minimum atomic E-state index is -0.168. The molecule has 0 aliphatic carbocycles. The Morgan fingerprint density at radius 2 is 2.27 bits per heavy atom. The van der Waals surface area contributed by atoms with Crippen LogP contribution in [0.5, 0.6) is 5.75 Å². The molecule has 6 heteroatoms. The Labute approximate surface area is 135 Å². The monoisotopic (exact) mass is 327 g/mol. The van der Waals surface area contributed by atoms with Gasteiger partial charge in [-0.15, -0.1) is 0 Å². The fourth-order valence-electron chi connectivity index (χ4n) is 2.15. The maximum absolute atomic E-state index is 11.6. The number of halogens is 1. The molecule has 1 aromatic rings. The summed E-state index contributed by atoms with van der Waals surface area (Å²) in [4.78, 5) is 11.6. The summed E-state index contributed by atoms with van der Waals surface area (Å²) in [5, 5.41) is 3.28. The number of para-hydroxylation sites is 1. The van der Waals surface area contributed by atoms with E-state index in [2.05, 4.69) is 5.32 Å². The standard InChI is InChI=1S/C16H22ClNO4/c17-14-6-1-2-7-15(14)22-12-16(19)18-8-4-9-20-11-13-5-3-10-21-13/h1-2,6-7,13H,3-5,8-12H2,(H,18,19). The summed E-state index contributed by atoms with van der Waals surface area (Å²) >= 11 is 5.94. The molecule has 1 heterocycles. The van der Waals surface area contributed by atoms with E-state index in [0.717, 1.165) is 25.9 Å². The largest absolute Gasteiger partial charge is 0.482 e. The van der Waals surface area contributed by atoms with Crippen LogP contribution in [0.3, 0.4) is 0 Å². The highest BCUT2D eigenvalue weighted by Gasteiger charge is 2.14. The van der Waals surface area contributed by atoms with Crippen molar-refractivity contribution in [1.82, 2.24) is 5.32 Å². The van der Waals surface area contributed by atoms with Crippen molar-refractivity contribution >= 4 is 17.5 Å². The van der Waals surface area contributed by atoms with Gasteiger partial charge < -0.3 is 19.5 Å². The van der Waals surface area contributed by atoms with Crippen LogP contribution in [0.15, 0.2) is 24.3 Å². The highest BCUT2D eigenvalue weighted by Crippen LogP contribution is 2.22. The molecule has 1 N–H and O–H groups in total. The lowest BCUT2D eigenvalue weighted by Crippen LogP contribution is -2.30. The summed E-state index contributed by atoms with van der Waals surface area (Å²) in [5.41, 5.74) is 0. The number of hydrogen-bond acceptors (Lipinski definition) is 4. The number of benzene rings is 1. The van der Waals surface area contributed by atoms with E-state index < -0.39 is 0 Å². The lowest BCUT2D eigenvalue weighted by Gasteiger charge is -2.11. The van der Waals surface area contributed by atoms with Gasteiger partial charge in [-0.25, -0.2) is 0 Å². The van der Waals surface area contributed by atoms with Gasteiger partial charge in [-0.2, -0.15) is 0 Å². The molecule has 5 nitrogen and oxygen atoms in total. The van der Waals surface area contributed by atoms with Crippen molar-refractivity contribution < 1.29 is 19.0 Å². The summed E-state index contributed by atoms with van der Waals surface area (Å²) in [5.74, 6) is 0.346. The number of carbonyl (C=O) groups excluding carboxylic acids is 1. The molecule has 22 heavy (non-hydrogen) atoms. The van der Waals surface area contributed by atoms with Crippen molar-refractivity contribution in [2.24, 2.45) is 0 Å². The van der Waals surface area contributed by atoms with E-state index in [9.17, 15) is 4.79 Å². The minimum Gasteiger partial charge on any atom is -0.482 e. The summed E-state index contributed by atoms with van der Waals surface area (Å²) in [6.45, 7) is 2.63. The first kappa shape index (κ1) is 17.1. The zero-order valence-corrected chi connectivity index (χ0v) is 13.3. The van der Waals surface area contributed by atoms with Crippen molar-refractivity contribution in [2.45, 2.75) is 25.4 Å².